The number of fused-ring (bicyclic) bond motifs is 2. The van der Waals surface area contributed by atoms with E-state index in [1.807, 2.05) is 4.90 Å². The van der Waals surface area contributed by atoms with Crippen LogP contribution in [0.15, 0.2) is 18.2 Å². The fraction of sp³-hybridized carbons (Fsp3) is 0.458. The van der Waals surface area contributed by atoms with Crippen LogP contribution in [0.2, 0.25) is 0 Å². The van der Waals surface area contributed by atoms with Crippen molar-refractivity contribution in [2.75, 3.05) is 24.5 Å². The highest BCUT2D eigenvalue weighted by Gasteiger charge is 2.40. The first kappa shape index (κ1) is 24.9. The second-order valence-electron chi connectivity index (χ2n) is 9.22. The maximum atomic E-state index is 13.4. The fourth-order valence-electron chi connectivity index (χ4n) is 5.15. The number of carbonyl (C=O) groups is 1. The number of amides is 1. The van der Waals surface area contributed by atoms with E-state index < -0.39 is 18.4 Å². The molecule has 37 heavy (non-hydrogen) atoms. The van der Waals surface area contributed by atoms with Crippen LogP contribution in [-0.4, -0.2) is 50.2 Å². The summed E-state index contributed by atoms with van der Waals surface area (Å²) in [6.45, 7) is 2.54. The molecule has 0 spiro atoms. The number of hydrogen-bond donors (Lipinski definition) is 0. The number of hydrogen-bond acceptors (Lipinski definition) is 6. The van der Waals surface area contributed by atoms with Gasteiger partial charge in [0.25, 0.3) is 6.43 Å². The zero-order valence-electron chi connectivity index (χ0n) is 19.8. The predicted octanol–water partition coefficient (Wildman–Crippen LogP) is 4.22. The highest BCUT2D eigenvalue weighted by molar-refractivity contribution is 5.96. The van der Waals surface area contributed by atoms with Crippen molar-refractivity contribution in [2.24, 2.45) is 5.92 Å². The standard InChI is InChI=1S/C24H22F5N7O/c1-13-17(11-30)20(16-10-15(21(25)26)2-3-18(16)31-13)34-6-4-14(5-7-34)22(37)35-8-9-36-19(12-35)32-33-23(36)24(27,28)29/h2-3,10,14,21H,4-9,12H2,1H3. The molecule has 2 aromatic heterocycles. The molecule has 2 aliphatic heterocycles. The van der Waals surface area contributed by atoms with E-state index in [-0.39, 0.29) is 42.8 Å². The largest absolute Gasteiger partial charge is 0.451 e. The molecule has 0 saturated carbocycles. The molecule has 0 unspecified atom stereocenters. The van der Waals surface area contributed by atoms with E-state index in [1.54, 1.807) is 6.92 Å². The Bertz CT molecular complexity index is 1400. The van der Waals surface area contributed by atoms with Crippen molar-refractivity contribution in [3.8, 4) is 6.07 Å². The highest BCUT2D eigenvalue weighted by atomic mass is 19.4. The summed E-state index contributed by atoms with van der Waals surface area (Å²) in [5, 5.41) is 17.1. The summed E-state index contributed by atoms with van der Waals surface area (Å²) in [5.74, 6) is -1.49. The lowest BCUT2D eigenvalue weighted by atomic mass is 9.93. The highest BCUT2D eigenvalue weighted by Crippen LogP contribution is 2.37. The molecular weight excluding hydrogens is 497 g/mol. The van der Waals surface area contributed by atoms with Gasteiger partial charge in [0.05, 0.1) is 29.0 Å². The van der Waals surface area contributed by atoms with Crippen molar-refractivity contribution >= 4 is 22.5 Å². The lowest BCUT2D eigenvalue weighted by Crippen LogP contribution is -2.45. The lowest BCUT2D eigenvalue weighted by molar-refractivity contribution is -0.148. The van der Waals surface area contributed by atoms with E-state index in [0.29, 0.717) is 53.8 Å². The van der Waals surface area contributed by atoms with Crippen LogP contribution >= 0.6 is 0 Å². The van der Waals surface area contributed by atoms with Gasteiger partial charge in [0.2, 0.25) is 11.7 Å². The molecule has 1 fully saturated rings. The molecule has 1 amide bonds. The summed E-state index contributed by atoms with van der Waals surface area (Å²) < 4.78 is 67.1. The number of aryl methyl sites for hydroxylation is 1. The van der Waals surface area contributed by atoms with E-state index in [2.05, 4.69) is 21.3 Å². The number of anilines is 1. The normalized spacial score (nSPS) is 16.8. The van der Waals surface area contributed by atoms with E-state index in [0.717, 1.165) is 4.57 Å². The Kier molecular flexibility index (Phi) is 6.21. The monoisotopic (exact) mass is 519 g/mol. The van der Waals surface area contributed by atoms with Gasteiger partial charge in [-0.1, -0.05) is 6.07 Å². The van der Waals surface area contributed by atoms with Gasteiger partial charge >= 0.3 is 6.18 Å². The Morgan fingerprint density at radius 3 is 2.51 bits per heavy atom. The van der Waals surface area contributed by atoms with Crippen LogP contribution in [0, 0.1) is 24.2 Å². The zero-order chi connectivity index (χ0) is 26.5. The molecule has 0 radical (unpaired) electrons. The van der Waals surface area contributed by atoms with Gasteiger partial charge < -0.3 is 14.4 Å². The molecule has 5 rings (SSSR count). The van der Waals surface area contributed by atoms with Crippen molar-refractivity contribution in [1.29, 1.82) is 5.26 Å². The molecule has 1 saturated heterocycles. The van der Waals surface area contributed by atoms with Crippen molar-refractivity contribution in [3.63, 3.8) is 0 Å². The number of nitrogens with zero attached hydrogens (tertiary/aromatic N) is 7. The van der Waals surface area contributed by atoms with Crippen LogP contribution < -0.4 is 4.90 Å². The molecule has 3 aromatic rings. The Balaban J connectivity index is 1.34. The van der Waals surface area contributed by atoms with Crippen LogP contribution in [0.1, 0.15) is 47.7 Å². The summed E-state index contributed by atoms with van der Waals surface area (Å²) >= 11 is 0. The third-order valence-electron chi connectivity index (χ3n) is 7.01. The maximum Gasteiger partial charge on any atom is 0.451 e. The Morgan fingerprint density at radius 2 is 1.86 bits per heavy atom. The summed E-state index contributed by atoms with van der Waals surface area (Å²) in [5.41, 5.74) is 1.66. The number of benzene rings is 1. The average molecular weight is 519 g/mol. The van der Waals surface area contributed by atoms with Crippen LogP contribution in [0.4, 0.5) is 27.6 Å². The first-order valence-corrected chi connectivity index (χ1v) is 11.7. The van der Waals surface area contributed by atoms with Gasteiger partial charge in [0.15, 0.2) is 5.82 Å². The average Bonchev–Trinajstić information content (AvgIpc) is 3.31. The minimum atomic E-state index is -4.61. The van der Waals surface area contributed by atoms with Gasteiger partial charge in [0.1, 0.15) is 6.07 Å². The van der Waals surface area contributed by atoms with Crippen LogP contribution in [0.3, 0.4) is 0 Å². The number of aromatic nitrogens is 4. The van der Waals surface area contributed by atoms with Gasteiger partial charge in [-0.25, -0.2) is 8.78 Å². The van der Waals surface area contributed by atoms with Crippen molar-refractivity contribution in [3.05, 3.63) is 46.7 Å². The number of rotatable bonds is 3. The molecule has 2 aliphatic rings. The van der Waals surface area contributed by atoms with E-state index in [1.165, 1.54) is 23.1 Å². The van der Waals surface area contributed by atoms with E-state index in [4.69, 9.17) is 0 Å². The number of carbonyl (C=O) groups excluding carboxylic acids is 1. The number of nitriles is 1. The smallest absolute Gasteiger partial charge is 0.370 e. The molecule has 0 bridgehead atoms. The molecule has 1 aromatic carbocycles. The van der Waals surface area contributed by atoms with Crippen molar-refractivity contribution in [1.82, 2.24) is 24.6 Å². The second-order valence-corrected chi connectivity index (χ2v) is 9.22. The van der Waals surface area contributed by atoms with Crippen LogP contribution in [0.5, 0.6) is 0 Å². The first-order chi connectivity index (χ1) is 17.6. The molecule has 4 heterocycles. The first-order valence-electron chi connectivity index (χ1n) is 11.7. The molecule has 0 N–H and O–H groups in total. The number of piperidine rings is 1. The van der Waals surface area contributed by atoms with Gasteiger partial charge in [-0.05, 0) is 31.9 Å². The SMILES string of the molecule is Cc1nc2ccc(C(F)F)cc2c(N2CCC(C(=O)N3CCn4c(nnc4C(F)(F)F)C3)CC2)c1C#N. The summed E-state index contributed by atoms with van der Waals surface area (Å²) in [4.78, 5) is 21.0. The molecule has 13 heteroatoms. The molecular formula is C24H22F5N7O. The van der Waals surface area contributed by atoms with Crippen LogP contribution in [-0.2, 0) is 24.1 Å². The topological polar surface area (TPSA) is 90.9 Å². The summed E-state index contributed by atoms with van der Waals surface area (Å²) in [6.07, 6.45) is -6.40. The number of pyridine rings is 1. The van der Waals surface area contributed by atoms with E-state index in [9.17, 15) is 32.0 Å². The van der Waals surface area contributed by atoms with Crippen LogP contribution in [0.25, 0.3) is 10.9 Å². The predicted molar refractivity (Wildman–Crippen MR) is 122 cm³/mol. The van der Waals surface area contributed by atoms with Crippen molar-refractivity contribution < 1.29 is 26.7 Å². The van der Waals surface area contributed by atoms with Gasteiger partial charge in [0, 0.05) is 43.0 Å². The lowest BCUT2D eigenvalue weighted by Gasteiger charge is -2.37. The van der Waals surface area contributed by atoms with Gasteiger partial charge in [-0.3, -0.25) is 9.78 Å². The van der Waals surface area contributed by atoms with Gasteiger partial charge in [-0.15, -0.1) is 10.2 Å². The Hall–Kier alpha value is -3.82. The third kappa shape index (κ3) is 4.45. The minimum Gasteiger partial charge on any atom is -0.370 e. The number of alkyl halides is 5. The molecule has 0 aliphatic carbocycles. The fourth-order valence-corrected chi connectivity index (χ4v) is 5.15. The quantitative estimate of drug-likeness (QED) is 0.482. The van der Waals surface area contributed by atoms with Crippen molar-refractivity contribution in [2.45, 2.75) is 45.5 Å². The summed E-state index contributed by atoms with van der Waals surface area (Å²) in [7, 11) is 0. The molecule has 194 valence electrons. The molecule has 8 nitrogen and oxygen atoms in total. The minimum absolute atomic E-state index is 0.0396. The number of halogens is 5. The third-order valence-corrected chi connectivity index (χ3v) is 7.01. The second kappa shape index (κ2) is 9.24. The van der Waals surface area contributed by atoms with Gasteiger partial charge in [-0.2, -0.15) is 18.4 Å². The van der Waals surface area contributed by atoms with E-state index >= 15 is 0 Å². The zero-order valence-corrected chi connectivity index (χ0v) is 19.8. The Morgan fingerprint density at radius 1 is 1.14 bits per heavy atom. The summed E-state index contributed by atoms with van der Waals surface area (Å²) in [6, 6.07) is 6.34. The Labute approximate surface area is 208 Å². The molecule has 0 atom stereocenters. The maximum absolute atomic E-state index is 13.4.